The van der Waals surface area contributed by atoms with Crippen molar-refractivity contribution in [3.8, 4) is 5.75 Å². The molecular formula is C26H35N3O2. The van der Waals surface area contributed by atoms with Crippen molar-refractivity contribution in [3.05, 3.63) is 47.5 Å². The molecular weight excluding hydrogens is 386 g/mol. The molecule has 1 saturated heterocycles. The number of piperidine rings is 1. The van der Waals surface area contributed by atoms with E-state index in [1.54, 1.807) is 7.11 Å². The monoisotopic (exact) mass is 421 g/mol. The molecule has 2 saturated carbocycles. The van der Waals surface area contributed by atoms with Crippen molar-refractivity contribution >= 4 is 5.91 Å². The highest BCUT2D eigenvalue weighted by Crippen LogP contribution is 2.50. The molecule has 5 heteroatoms. The van der Waals surface area contributed by atoms with Gasteiger partial charge in [0.2, 0.25) is 5.91 Å². The van der Waals surface area contributed by atoms with Crippen LogP contribution >= 0.6 is 0 Å². The van der Waals surface area contributed by atoms with Crippen molar-refractivity contribution in [1.82, 2.24) is 14.5 Å². The van der Waals surface area contributed by atoms with E-state index < -0.39 is 0 Å². The van der Waals surface area contributed by atoms with Crippen LogP contribution in [-0.2, 0) is 16.8 Å². The molecule has 3 fully saturated rings. The Bertz CT molecular complexity index is 917. The van der Waals surface area contributed by atoms with Gasteiger partial charge in [-0.15, -0.1) is 0 Å². The van der Waals surface area contributed by atoms with Gasteiger partial charge in [-0.1, -0.05) is 18.6 Å². The highest BCUT2D eigenvalue weighted by atomic mass is 16.5. The molecule has 0 N–H and O–H groups in total. The lowest BCUT2D eigenvalue weighted by molar-refractivity contribution is -0.135. The fourth-order valence-corrected chi connectivity index (χ4v) is 5.46. The van der Waals surface area contributed by atoms with Crippen LogP contribution in [0.2, 0.25) is 0 Å². The Hall–Kier alpha value is -2.30. The molecule has 5 nitrogen and oxygen atoms in total. The Balaban J connectivity index is 1.15. The fourth-order valence-electron chi connectivity index (χ4n) is 5.46. The highest BCUT2D eigenvalue weighted by Gasteiger charge is 2.53. The summed E-state index contributed by atoms with van der Waals surface area (Å²) in [5, 5.41) is 0. The lowest BCUT2D eigenvalue weighted by Gasteiger charge is -2.35. The minimum absolute atomic E-state index is 0.273. The van der Waals surface area contributed by atoms with E-state index in [2.05, 4.69) is 28.5 Å². The van der Waals surface area contributed by atoms with Gasteiger partial charge in [0.25, 0.3) is 0 Å². The Morgan fingerprint density at radius 3 is 2.42 bits per heavy atom. The van der Waals surface area contributed by atoms with E-state index in [0.717, 1.165) is 56.6 Å². The van der Waals surface area contributed by atoms with Gasteiger partial charge in [-0.2, -0.15) is 0 Å². The standard InChI is InChI=1S/C26H35N3O2/c1-19-18-27-24(21-4-3-5-21)29(19)17-12-20-10-15-28(16-11-20)25(30)26(13-14-26)22-6-8-23(31-2)9-7-22/h6-9,18,20-21H,3-5,10-17H2,1-2H3. The smallest absolute Gasteiger partial charge is 0.233 e. The molecule has 166 valence electrons. The molecule has 1 aromatic carbocycles. The number of carbonyl (C=O) groups is 1. The van der Waals surface area contributed by atoms with Gasteiger partial charge in [0.1, 0.15) is 11.6 Å². The number of aromatic nitrogens is 2. The van der Waals surface area contributed by atoms with Gasteiger partial charge >= 0.3 is 0 Å². The first kappa shape index (κ1) is 20.6. The molecule has 0 radical (unpaired) electrons. The number of hydrogen-bond acceptors (Lipinski definition) is 3. The Morgan fingerprint density at radius 1 is 1.13 bits per heavy atom. The molecule has 3 aliphatic rings. The van der Waals surface area contributed by atoms with Crippen LogP contribution in [0.3, 0.4) is 0 Å². The number of carbonyl (C=O) groups excluding carboxylic acids is 1. The number of ether oxygens (including phenoxy) is 1. The van der Waals surface area contributed by atoms with Gasteiger partial charge in [0, 0.05) is 37.4 Å². The van der Waals surface area contributed by atoms with E-state index in [9.17, 15) is 4.79 Å². The predicted octanol–water partition coefficient (Wildman–Crippen LogP) is 4.83. The van der Waals surface area contributed by atoms with Crippen LogP contribution in [0, 0.1) is 12.8 Å². The van der Waals surface area contributed by atoms with Crippen molar-refractivity contribution < 1.29 is 9.53 Å². The molecule has 2 aliphatic carbocycles. The molecule has 1 aliphatic heterocycles. The minimum Gasteiger partial charge on any atom is -0.497 e. The summed E-state index contributed by atoms with van der Waals surface area (Å²) >= 11 is 0. The van der Waals surface area contributed by atoms with E-state index in [1.165, 1.54) is 37.2 Å². The number of hydrogen-bond donors (Lipinski definition) is 0. The zero-order valence-electron chi connectivity index (χ0n) is 19.0. The predicted molar refractivity (Wildman–Crippen MR) is 121 cm³/mol. The molecule has 31 heavy (non-hydrogen) atoms. The van der Waals surface area contributed by atoms with Crippen molar-refractivity contribution in [2.75, 3.05) is 20.2 Å². The van der Waals surface area contributed by atoms with Crippen LogP contribution in [-0.4, -0.2) is 40.6 Å². The molecule has 5 rings (SSSR count). The Kier molecular flexibility index (Phi) is 5.53. The van der Waals surface area contributed by atoms with Crippen LogP contribution in [0.15, 0.2) is 30.5 Å². The molecule has 0 bridgehead atoms. The third kappa shape index (κ3) is 3.88. The van der Waals surface area contributed by atoms with Gasteiger partial charge in [-0.3, -0.25) is 4.79 Å². The SMILES string of the molecule is COc1ccc(C2(C(=O)N3CCC(CCn4c(C)cnc4C4CCC4)CC3)CC2)cc1. The third-order valence-corrected chi connectivity index (χ3v) is 8.02. The van der Waals surface area contributed by atoms with Crippen LogP contribution in [0.25, 0.3) is 0 Å². The fraction of sp³-hybridized carbons (Fsp3) is 0.615. The molecule has 0 spiro atoms. The number of rotatable bonds is 7. The summed E-state index contributed by atoms with van der Waals surface area (Å²) in [6.07, 6.45) is 11.4. The second kappa shape index (κ2) is 8.33. The molecule has 0 atom stereocenters. The lowest BCUT2D eigenvalue weighted by Crippen LogP contribution is -2.44. The summed E-state index contributed by atoms with van der Waals surface area (Å²) in [6.45, 7) is 5.07. The van der Waals surface area contributed by atoms with E-state index in [-0.39, 0.29) is 5.41 Å². The first-order valence-corrected chi connectivity index (χ1v) is 12.1. The topological polar surface area (TPSA) is 47.4 Å². The second-order valence-corrected chi connectivity index (χ2v) is 9.87. The van der Waals surface area contributed by atoms with Crippen molar-refractivity contribution in [2.24, 2.45) is 5.92 Å². The minimum atomic E-state index is -0.273. The highest BCUT2D eigenvalue weighted by molar-refractivity contribution is 5.91. The zero-order valence-corrected chi connectivity index (χ0v) is 19.0. The van der Waals surface area contributed by atoms with Crippen molar-refractivity contribution in [1.29, 1.82) is 0 Å². The summed E-state index contributed by atoms with van der Waals surface area (Å²) in [5.41, 5.74) is 2.18. The molecule has 1 amide bonds. The van der Waals surface area contributed by atoms with Gasteiger partial charge in [0.05, 0.1) is 12.5 Å². The number of imidazole rings is 1. The summed E-state index contributed by atoms with van der Waals surface area (Å²) in [5.74, 6) is 3.89. The first-order chi connectivity index (χ1) is 15.1. The molecule has 0 unspecified atom stereocenters. The Morgan fingerprint density at radius 2 is 1.84 bits per heavy atom. The van der Waals surface area contributed by atoms with E-state index in [0.29, 0.717) is 17.7 Å². The van der Waals surface area contributed by atoms with Gasteiger partial charge < -0.3 is 14.2 Å². The first-order valence-electron chi connectivity index (χ1n) is 12.1. The maximum Gasteiger partial charge on any atom is 0.233 e. The summed E-state index contributed by atoms with van der Waals surface area (Å²) in [4.78, 5) is 20.2. The number of nitrogens with zero attached hydrogens (tertiary/aromatic N) is 3. The molecule has 2 aromatic rings. The normalized spacial score (nSPS) is 21.0. The summed E-state index contributed by atoms with van der Waals surface area (Å²) in [7, 11) is 1.68. The zero-order chi connectivity index (χ0) is 21.4. The van der Waals surface area contributed by atoms with Crippen molar-refractivity contribution in [2.45, 2.75) is 76.2 Å². The number of aryl methyl sites for hydroxylation is 1. The van der Waals surface area contributed by atoms with E-state index in [1.807, 2.05) is 18.3 Å². The molecule has 1 aromatic heterocycles. The van der Waals surface area contributed by atoms with Crippen LogP contribution in [0.5, 0.6) is 5.75 Å². The Labute approximate surface area is 185 Å². The van der Waals surface area contributed by atoms with Crippen molar-refractivity contribution in [3.63, 3.8) is 0 Å². The number of benzene rings is 1. The maximum atomic E-state index is 13.4. The summed E-state index contributed by atoms with van der Waals surface area (Å²) < 4.78 is 7.74. The van der Waals surface area contributed by atoms with Crippen LogP contribution in [0.4, 0.5) is 0 Å². The maximum absolute atomic E-state index is 13.4. The lowest BCUT2D eigenvalue weighted by atomic mass is 9.84. The molecule has 2 heterocycles. The number of methoxy groups -OCH3 is 1. The van der Waals surface area contributed by atoms with Crippen LogP contribution < -0.4 is 4.74 Å². The van der Waals surface area contributed by atoms with Gasteiger partial charge in [0.15, 0.2) is 0 Å². The second-order valence-electron chi connectivity index (χ2n) is 9.87. The third-order valence-electron chi connectivity index (χ3n) is 8.02. The van der Waals surface area contributed by atoms with Gasteiger partial charge in [-0.25, -0.2) is 4.98 Å². The summed E-state index contributed by atoms with van der Waals surface area (Å²) in [6, 6.07) is 8.10. The quantitative estimate of drug-likeness (QED) is 0.643. The number of likely N-dealkylation sites (tertiary alicyclic amines) is 1. The van der Waals surface area contributed by atoms with E-state index >= 15 is 0 Å². The average Bonchev–Trinajstić information content (AvgIpc) is 3.51. The largest absolute Gasteiger partial charge is 0.497 e. The number of amides is 1. The van der Waals surface area contributed by atoms with E-state index in [4.69, 9.17) is 9.72 Å². The average molecular weight is 422 g/mol. The van der Waals surface area contributed by atoms with Gasteiger partial charge in [-0.05, 0) is 75.5 Å². The van der Waals surface area contributed by atoms with Crippen LogP contribution in [0.1, 0.15) is 74.4 Å².